The Hall–Kier alpha value is -2.15. The maximum atomic E-state index is 12.8. The van der Waals surface area contributed by atoms with Crippen LogP contribution in [0.15, 0.2) is 24.3 Å². The van der Waals surface area contributed by atoms with Crippen LogP contribution in [0.1, 0.15) is 6.92 Å². The summed E-state index contributed by atoms with van der Waals surface area (Å²) in [5, 5.41) is 0. The second-order valence-corrected chi connectivity index (χ2v) is 5.36. The van der Waals surface area contributed by atoms with E-state index in [1.807, 2.05) is 4.90 Å². The van der Waals surface area contributed by atoms with Gasteiger partial charge in [-0.2, -0.15) is 0 Å². The van der Waals surface area contributed by atoms with Gasteiger partial charge in [-0.05, 0) is 31.2 Å². The third-order valence-corrected chi connectivity index (χ3v) is 3.93. The summed E-state index contributed by atoms with van der Waals surface area (Å²) in [5.41, 5.74) is 0. The van der Waals surface area contributed by atoms with E-state index >= 15 is 0 Å². The maximum Gasteiger partial charge on any atom is 0.322 e. The fourth-order valence-corrected chi connectivity index (χ4v) is 2.45. The molecule has 1 aromatic rings. The highest BCUT2D eigenvalue weighted by molar-refractivity contribution is 5.78. The van der Waals surface area contributed by atoms with Gasteiger partial charge in [-0.25, -0.2) is 4.39 Å². The summed E-state index contributed by atoms with van der Waals surface area (Å²) in [6, 6.07) is 5.23. The lowest BCUT2D eigenvalue weighted by Crippen LogP contribution is -2.54. The Balaban J connectivity index is 1.77. The molecule has 1 fully saturated rings. The van der Waals surface area contributed by atoms with Crippen LogP contribution in [-0.4, -0.2) is 67.6 Å². The summed E-state index contributed by atoms with van der Waals surface area (Å²) in [5.74, 6) is -0.290. The van der Waals surface area contributed by atoms with Gasteiger partial charge in [0.2, 0.25) is 0 Å². The van der Waals surface area contributed by atoms with Gasteiger partial charge >= 0.3 is 5.97 Å². The van der Waals surface area contributed by atoms with Crippen molar-refractivity contribution < 1.29 is 23.5 Å². The van der Waals surface area contributed by atoms with Gasteiger partial charge in [0.25, 0.3) is 5.91 Å². The molecule has 1 amide bonds. The standard InChI is InChI=1S/C16H21FN2O4/c1-12(16(21)22-2)18-7-9-19(10-8-18)15(20)11-23-14-5-3-13(17)4-6-14/h3-6,12H,7-11H2,1-2H3/t12-/m1/s1. The van der Waals surface area contributed by atoms with Gasteiger partial charge in [0.05, 0.1) is 7.11 Å². The Bertz CT molecular complexity index is 542. The molecular weight excluding hydrogens is 303 g/mol. The molecule has 0 unspecified atom stereocenters. The summed E-state index contributed by atoms with van der Waals surface area (Å²) in [6.07, 6.45) is 0. The first-order valence-corrected chi connectivity index (χ1v) is 7.49. The maximum absolute atomic E-state index is 12.8. The van der Waals surface area contributed by atoms with Gasteiger partial charge in [-0.1, -0.05) is 0 Å². The minimum Gasteiger partial charge on any atom is -0.484 e. The van der Waals surface area contributed by atoms with E-state index < -0.39 is 0 Å². The van der Waals surface area contributed by atoms with Crippen LogP contribution in [-0.2, 0) is 14.3 Å². The molecule has 1 heterocycles. The second-order valence-electron chi connectivity index (χ2n) is 5.36. The Morgan fingerprint density at radius 2 is 1.78 bits per heavy atom. The number of carbonyl (C=O) groups is 2. The monoisotopic (exact) mass is 324 g/mol. The molecule has 1 aliphatic rings. The quantitative estimate of drug-likeness (QED) is 0.754. The number of hydrogen-bond donors (Lipinski definition) is 0. The predicted molar refractivity (Wildman–Crippen MR) is 81.5 cm³/mol. The van der Waals surface area contributed by atoms with E-state index in [9.17, 15) is 14.0 Å². The molecular formula is C16H21FN2O4. The van der Waals surface area contributed by atoms with E-state index in [0.29, 0.717) is 31.9 Å². The predicted octanol–water partition coefficient (Wildman–Crippen LogP) is 0.910. The molecule has 0 radical (unpaired) electrons. The van der Waals surface area contributed by atoms with Crippen molar-refractivity contribution in [1.82, 2.24) is 9.80 Å². The number of ether oxygens (including phenoxy) is 2. The van der Waals surface area contributed by atoms with Crippen LogP contribution < -0.4 is 4.74 Å². The van der Waals surface area contributed by atoms with E-state index in [2.05, 4.69) is 0 Å². The van der Waals surface area contributed by atoms with Gasteiger partial charge < -0.3 is 14.4 Å². The van der Waals surface area contributed by atoms with E-state index in [1.54, 1.807) is 11.8 Å². The molecule has 0 bridgehead atoms. The van der Waals surface area contributed by atoms with E-state index in [-0.39, 0.29) is 30.3 Å². The van der Waals surface area contributed by atoms with Gasteiger partial charge in [0.1, 0.15) is 17.6 Å². The zero-order valence-corrected chi connectivity index (χ0v) is 13.3. The molecule has 0 aliphatic carbocycles. The summed E-state index contributed by atoms with van der Waals surface area (Å²) in [6.45, 7) is 4.00. The Morgan fingerprint density at radius 3 is 2.35 bits per heavy atom. The Morgan fingerprint density at radius 1 is 1.17 bits per heavy atom. The topological polar surface area (TPSA) is 59.1 Å². The fourth-order valence-electron chi connectivity index (χ4n) is 2.45. The number of halogens is 1. The zero-order valence-electron chi connectivity index (χ0n) is 13.3. The van der Waals surface area contributed by atoms with E-state index in [0.717, 1.165) is 0 Å². The number of hydrogen-bond acceptors (Lipinski definition) is 5. The molecule has 23 heavy (non-hydrogen) atoms. The van der Waals surface area contributed by atoms with Crippen LogP contribution in [0.3, 0.4) is 0 Å². The van der Waals surface area contributed by atoms with Crippen LogP contribution in [0.4, 0.5) is 4.39 Å². The molecule has 6 nitrogen and oxygen atoms in total. The number of piperazine rings is 1. The number of carbonyl (C=O) groups excluding carboxylic acids is 2. The molecule has 0 N–H and O–H groups in total. The van der Waals surface area contributed by atoms with Crippen molar-refractivity contribution in [3.8, 4) is 5.75 Å². The van der Waals surface area contributed by atoms with Crippen LogP contribution in [0, 0.1) is 5.82 Å². The van der Waals surface area contributed by atoms with Crippen molar-refractivity contribution in [2.45, 2.75) is 13.0 Å². The van der Waals surface area contributed by atoms with Gasteiger partial charge in [-0.15, -0.1) is 0 Å². The summed E-state index contributed by atoms with van der Waals surface area (Å²) in [4.78, 5) is 27.3. The highest BCUT2D eigenvalue weighted by Crippen LogP contribution is 2.12. The molecule has 0 saturated carbocycles. The highest BCUT2D eigenvalue weighted by Gasteiger charge is 2.27. The lowest BCUT2D eigenvalue weighted by atomic mass is 10.2. The van der Waals surface area contributed by atoms with Crippen LogP contribution in [0.5, 0.6) is 5.75 Å². The Labute approximate surface area is 134 Å². The molecule has 1 aliphatic heterocycles. The van der Waals surface area contributed by atoms with E-state index in [4.69, 9.17) is 9.47 Å². The lowest BCUT2D eigenvalue weighted by molar-refractivity contribution is -0.147. The molecule has 0 spiro atoms. The summed E-state index contributed by atoms with van der Waals surface area (Å²) >= 11 is 0. The first-order chi connectivity index (χ1) is 11.0. The normalized spacial score (nSPS) is 16.7. The minimum atomic E-state index is -0.348. The fraction of sp³-hybridized carbons (Fsp3) is 0.500. The minimum absolute atomic E-state index is 0.0851. The van der Waals surface area contributed by atoms with Crippen molar-refractivity contribution in [3.05, 3.63) is 30.1 Å². The summed E-state index contributed by atoms with van der Waals surface area (Å²) < 4.78 is 22.9. The second kappa shape index (κ2) is 7.92. The molecule has 0 aromatic heterocycles. The number of benzene rings is 1. The Kier molecular flexibility index (Phi) is 5.92. The molecule has 126 valence electrons. The number of rotatable bonds is 5. The van der Waals surface area contributed by atoms with Crippen LogP contribution in [0.2, 0.25) is 0 Å². The third-order valence-electron chi connectivity index (χ3n) is 3.93. The molecule has 1 saturated heterocycles. The summed E-state index contributed by atoms with van der Waals surface area (Å²) in [7, 11) is 1.37. The van der Waals surface area contributed by atoms with E-state index in [1.165, 1.54) is 31.4 Å². The number of esters is 1. The third kappa shape index (κ3) is 4.66. The average Bonchev–Trinajstić information content (AvgIpc) is 2.59. The van der Waals surface area contributed by atoms with Crippen molar-refractivity contribution in [3.63, 3.8) is 0 Å². The SMILES string of the molecule is COC(=O)[C@@H](C)N1CCN(C(=O)COc2ccc(F)cc2)CC1. The average molecular weight is 324 g/mol. The van der Waals surface area contributed by atoms with Crippen LogP contribution in [0.25, 0.3) is 0 Å². The molecule has 2 rings (SSSR count). The van der Waals surface area contributed by atoms with Gasteiger partial charge in [-0.3, -0.25) is 14.5 Å². The van der Waals surface area contributed by atoms with Crippen molar-refractivity contribution in [2.24, 2.45) is 0 Å². The molecule has 7 heteroatoms. The van der Waals surface area contributed by atoms with Gasteiger partial charge in [0.15, 0.2) is 6.61 Å². The first kappa shape index (κ1) is 17.2. The smallest absolute Gasteiger partial charge is 0.322 e. The highest BCUT2D eigenvalue weighted by atomic mass is 19.1. The molecule has 1 aromatic carbocycles. The van der Waals surface area contributed by atoms with Crippen LogP contribution >= 0.6 is 0 Å². The van der Waals surface area contributed by atoms with Crippen molar-refractivity contribution >= 4 is 11.9 Å². The number of nitrogens with zero attached hydrogens (tertiary/aromatic N) is 2. The lowest BCUT2D eigenvalue weighted by Gasteiger charge is -2.36. The van der Waals surface area contributed by atoms with Gasteiger partial charge in [0, 0.05) is 26.2 Å². The zero-order chi connectivity index (χ0) is 16.8. The number of amides is 1. The first-order valence-electron chi connectivity index (χ1n) is 7.49. The van der Waals surface area contributed by atoms with Crippen molar-refractivity contribution in [1.29, 1.82) is 0 Å². The number of methoxy groups -OCH3 is 1. The molecule has 1 atom stereocenters. The largest absolute Gasteiger partial charge is 0.484 e. The van der Waals surface area contributed by atoms with Crippen molar-refractivity contribution in [2.75, 3.05) is 39.9 Å².